The van der Waals surface area contributed by atoms with Crippen LogP contribution in [0.15, 0.2) is 48.5 Å². The molecule has 0 fully saturated rings. The van der Waals surface area contributed by atoms with Gasteiger partial charge >= 0.3 is 0 Å². The number of carbonyl (C=O) groups excluding carboxylic acids is 1. The van der Waals surface area contributed by atoms with Gasteiger partial charge in [-0.1, -0.05) is 36.4 Å². The van der Waals surface area contributed by atoms with E-state index < -0.39 is 0 Å². The van der Waals surface area contributed by atoms with E-state index in [9.17, 15) is 4.79 Å². The zero-order chi connectivity index (χ0) is 13.9. The summed E-state index contributed by atoms with van der Waals surface area (Å²) in [6.07, 6.45) is 0.321. The second-order valence-corrected chi connectivity index (χ2v) is 4.78. The number of nitrogens with two attached hydrogens (primary N) is 1. The van der Waals surface area contributed by atoms with Crippen LogP contribution in [0.3, 0.4) is 0 Å². The molecule has 4 nitrogen and oxygen atoms in total. The fourth-order valence-electron chi connectivity index (χ4n) is 2.47. The molecule has 1 amide bonds. The fraction of sp³-hybridized carbons (Fsp3) is 0.188. The Hall–Kier alpha value is -2.33. The largest absolute Gasteiger partial charge is 0.457 e. The van der Waals surface area contributed by atoms with Crippen molar-refractivity contribution in [1.29, 1.82) is 0 Å². The minimum Gasteiger partial charge on any atom is -0.457 e. The number of rotatable bonds is 4. The van der Waals surface area contributed by atoms with E-state index in [4.69, 9.17) is 10.5 Å². The van der Waals surface area contributed by atoms with E-state index in [-0.39, 0.29) is 11.9 Å². The average Bonchev–Trinajstić information content (AvgIpc) is 2.46. The highest BCUT2D eigenvalue weighted by Crippen LogP contribution is 2.42. The van der Waals surface area contributed by atoms with Gasteiger partial charge in [0.2, 0.25) is 5.91 Å². The normalized spacial score (nSPS) is 13.2. The molecule has 1 aliphatic rings. The predicted molar refractivity (Wildman–Crippen MR) is 76.6 cm³/mol. The standard InChI is InChI=1S/C16H16N2O2/c17-15(19)9-10-18-16-11-5-1-3-7-13(11)20-14-8-4-2-6-12(14)16/h1-8,16,18H,9-10H2,(H2,17,19). The van der Waals surface area contributed by atoms with E-state index in [0.29, 0.717) is 13.0 Å². The summed E-state index contributed by atoms with van der Waals surface area (Å²) in [4.78, 5) is 10.9. The van der Waals surface area contributed by atoms with Gasteiger partial charge in [-0.05, 0) is 12.1 Å². The lowest BCUT2D eigenvalue weighted by molar-refractivity contribution is -0.117. The van der Waals surface area contributed by atoms with Crippen molar-refractivity contribution in [2.45, 2.75) is 12.5 Å². The zero-order valence-corrected chi connectivity index (χ0v) is 11.0. The summed E-state index contributed by atoms with van der Waals surface area (Å²) in [7, 11) is 0. The number of hydrogen-bond acceptors (Lipinski definition) is 3. The Labute approximate surface area is 117 Å². The molecule has 1 aliphatic heterocycles. The number of carbonyl (C=O) groups is 1. The Morgan fingerprint density at radius 2 is 1.60 bits per heavy atom. The second kappa shape index (κ2) is 5.35. The van der Waals surface area contributed by atoms with Crippen LogP contribution in [0.25, 0.3) is 0 Å². The van der Waals surface area contributed by atoms with Crippen LogP contribution in [0.1, 0.15) is 23.6 Å². The molecule has 1 heterocycles. The monoisotopic (exact) mass is 268 g/mol. The summed E-state index contributed by atoms with van der Waals surface area (Å²) in [6.45, 7) is 0.544. The van der Waals surface area contributed by atoms with Crippen molar-refractivity contribution < 1.29 is 9.53 Å². The first-order valence-corrected chi connectivity index (χ1v) is 6.63. The molecule has 0 bridgehead atoms. The molecule has 20 heavy (non-hydrogen) atoms. The van der Waals surface area contributed by atoms with E-state index >= 15 is 0 Å². The second-order valence-electron chi connectivity index (χ2n) is 4.78. The van der Waals surface area contributed by atoms with E-state index in [1.807, 2.05) is 48.5 Å². The molecule has 0 aliphatic carbocycles. The number of nitrogens with one attached hydrogen (secondary N) is 1. The first kappa shape index (κ1) is 12.7. The average molecular weight is 268 g/mol. The predicted octanol–water partition coefficient (Wildman–Crippen LogP) is 2.35. The Morgan fingerprint density at radius 3 is 2.15 bits per heavy atom. The maximum atomic E-state index is 10.9. The molecule has 0 spiro atoms. The first-order valence-electron chi connectivity index (χ1n) is 6.63. The SMILES string of the molecule is NC(=O)CCNC1c2ccccc2Oc2ccccc21. The maximum Gasteiger partial charge on any atom is 0.218 e. The number of primary amides is 1. The van der Waals surface area contributed by atoms with Crippen LogP contribution in [0.2, 0.25) is 0 Å². The number of benzene rings is 2. The number of amides is 1. The Bertz CT molecular complexity index is 594. The van der Waals surface area contributed by atoms with Gasteiger partial charge in [-0.15, -0.1) is 0 Å². The molecule has 0 unspecified atom stereocenters. The zero-order valence-electron chi connectivity index (χ0n) is 11.0. The highest BCUT2D eigenvalue weighted by Gasteiger charge is 2.26. The lowest BCUT2D eigenvalue weighted by Gasteiger charge is -2.28. The molecule has 0 atom stereocenters. The lowest BCUT2D eigenvalue weighted by Crippen LogP contribution is -2.28. The van der Waals surface area contributed by atoms with Crippen molar-refractivity contribution in [3.63, 3.8) is 0 Å². The number of para-hydroxylation sites is 2. The smallest absolute Gasteiger partial charge is 0.218 e. The molecule has 0 aromatic heterocycles. The van der Waals surface area contributed by atoms with Gasteiger partial charge in [-0.25, -0.2) is 0 Å². The van der Waals surface area contributed by atoms with E-state index in [2.05, 4.69) is 5.32 Å². The van der Waals surface area contributed by atoms with Crippen LogP contribution in [0.5, 0.6) is 11.5 Å². The number of ether oxygens (including phenoxy) is 1. The van der Waals surface area contributed by atoms with Gasteiger partial charge in [0, 0.05) is 24.1 Å². The quantitative estimate of drug-likeness (QED) is 0.894. The molecular weight excluding hydrogens is 252 g/mol. The van der Waals surface area contributed by atoms with Crippen molar-refractivity contribution >= 4 is 5.91 Å². The third-order valence-corrected chi connectivity index (χ3v) is 3.40. The number of fused-ring (bicyclic) bond motifs is 2. The summed E-state index contributed by atoms with van der Waals surface area (Å²) in [5.41, 5.74) is 7.35. The Kier molecular flexibility index (Phi) is 3.39. The maximum absolute atomic E-state index is 10.9. The molecule has 102 valence electrons. The summed E-state index contributed by atoms with van der Waals surface area (Å²) in [6, 6.07) is 15.9. The highest BCUT2D eigenvalue weighted by atomic mass is 16.5. The first-order chi connectivity index (χ1) is 9.75. The van der Waals surface area contributed by atoms with Gasteiger partial charge in [0.1, 0.15) is 11.5 Å². The van der Waals surface area contributed by atoms with Crippen LogP contribution in [0.4, 0.5) is 0 Å². The summed E-state index contributed by atoms with van der Waals surface area (Å²) < 4.78 is 5.90. The van der Waals surface area contributed by atoms with Crippen molar-refractivity contribution in [2.75, 3.05) is 6.54 Å². The van der Waals surface area contributed by atoms with E-state index in [1.54, 1.807) is 0 Å². The molecule has 4 heteroatoms. The van der Waals surface area contributed by atoms with Gasteiger partial charge in [0.25, 0.3) is 0 Å². The van der Waals surface area contributed by atoms with Crippen LogP contribution < -0.4 is 15.8 Å². The van der Waals surface area contributed by atoms with Gasteiger partial charge in [-0.3, -0.25) is 4.79 Å². The molecular formula is C16H16N2O2. The van der Waals surface area contributed by atoms with Gasteiger partial charge in [0.05, 0.1) is 6.04 Å². The highest BCUT2D eigenvalue weighted by molar-refractivity contribution is 5.73. The Balaban J connectivity index is 1.93. The molecule has 0 radical (unpaired) electrons. The van der Waals surface area contributed by atoms with Crippen molar-refractivity contribution in [1.82, 2.24) is 5.32 Å². The molecule has 0 saturated heterocycles. The van der Waals surface area contributed by atoms with Crippen LogP contribution in [0, 0.1) is 0 Å². The van der Waals surface area contributed by atoms with Gasteiger partial charge in [0.15, 0.2) is 0 Å². The van der Waals surface area contributed by atoms with Gasteiger partial charge in [-0.2, -0.15) is 0 Å². The molecule has 2 aromatic carbocycles. The van der Waals surface area contributed by atoms with Gasteiger partial charge < -0.3 is 15.8 Å². The molecule has 3 N–H and O–H groups in total. The van der Waals surface area contributed by atoms with Crippen LogP contribution in [-0.2, 0) is 4.79 Å². The minimum absolute atomic E-state index is 0.0236. The van der Waals surface area contributed by atoms with E-state index in [0.717, 1.165) is 22.6 Å². The van der Waals surface area contributed by atoms with E-state index in [1.165, 1.54) is 0 Å². The van der Waals surface area contributed by atoms with Crippen molar-refractivity contribution in [3.05, 3.63) is 59.7 Å². The topological polar surface area (TPSA) is 64.4 Å². The Morgan fingerprint density at radius 1 is 1.05 bits per heavy atom. The van der Waals surface area contributed by atoms with Crippen LogP contribution in [-0.4, -0.2) is 12.5 Å². The van der Waals surface area contributed by atoms with Crippen molar-refractivity contribution in [2.24, 2.45) is 5.73 Å². The summed E-state index contributed by atoms with van der Waals surface area (Å²) in [5, 5.41) is 3.38. The number of hydrogen-bond donors (Lipinski definition) is 2. The van der Waals surface area contributed by atoms with Crippen LogP contribution >= 0.6 is 0 Å². The third-order valence-electron chi connectivity index (χ3n) is 3.40. The summed E-state index contributed by atoms with van der Waals surface area (Å²) >= 11 is 0. The van der Waals surface area contributed by atoms with Crippen molar-refractivity contribution in [3.8, 4) is 11.5 Å². The minimum atomic E-state index is -0.300. The third kappa shape index (κ3) is 2.38. The fourth-order valence-corrected chi connectivity index (χ4v) is 2.47. The summed E-state index contributed by atoms with van der Waals surface area (Å²) in [5.74, 6) is 1.40. The lowest BCUT2D eigenvalue weighted by atomic mass is 9.94. The molecule has 2 aromatic rings. The molecule has 0 saturated carbocycles. The molecule has 3 rings (SSSR count).